The van der Waals surface area contributed by atoms with Crippen molar-refractivity contribution in [3.63, 3.8) is 0 Å². The summed E-state index contributed by atoms with van der Waals surface area (Å²) in [6.07, 6.45) is 6.00. The summed E-state index contributed by atoms with van der Waals surface area (Å²) in [7, 11) is -2.07. The summed E-state index contributed by atoms with van der Waals surface area (Å²) in [5.74, 6) is 0. The van der Waals surface area contributed by atoms with Crippen LogP contribution in [0.15, 0.2) is 24.7 Å². The molecule has 0 aromatic carbocycles. The van der Waals surface area contributed by atoms with Crippen molar-refractivity contribution in [1.82, 2.24) is 0 Å². The Labute approximate surface area is 89.0 Å². The van der Waals surface area contributed by atoms with Gasteiger partial charge in [0.25, 0.3) is 0 Å². The Bertz CT molecular complexity index is 164. The van der Waals surface area contributed by atoms with Crippen molar-refractivity contribution in [2.24, 2.45) is 0 Å². The molecule has 0 heterocycles. The maximum Gasteiger partial charge on any atom is 0.804 e. The lowest BCUT2D eigenvalue weighted by Crippen LogP contribution is -1.70. The predicted octanol–water partition coefficient (Wildman–Crippen LogP) is 3.49. The Kier molecular flexibility index (Phi) is 9.34. The van der Waals surface area contributed by atoms with E-state index in [0.717, 1.165) is 0 Å². The Balaban J connectivity index is 3.46. The van der Waals surface area contributed by atoms with Gasteiger partial charge in [-0.05, 0) is 12.2 Å². The van der Waals surface area contributed by atoms with Crippen LogP contribution in [0.3, 0.4) is 0 Å². The molecule has 0 aliphatic heterocycles. The first-order valence-corrected chi connectivity index (χ1v) is 6.38. The van der Waals surface area contributed by atoms with Gasteiger partial charge in [-0.15, -0.1) is 0 Å². The molecule has 0 saturated heterocycles. The third-order valence-corrected chi connectivity index (χ3v) is 2.00. The highest BCUT2D eigenvalue weighted by Crippen LogP contribution is 2.24. The molecule has 0 aromatic heterocycles. The Hall–Kier alpha value is 0.140. The number of rotatable bonds is 6. The van der Waals surface area contributed by atoms with Crippen LogP contribution in [0.1, 0.15) is 0 Å². The highest BCUT2D eigenvalue weighted by atomic mass is 79.9. The van der Waals surface area contributed by atoms with Crippen LogP contribution in [0.2, 0.25) is 0 Å². The van der Waals surface area contributed by atoms with Gasteiger partial charge in [-0.2, -0.15) is 0 Å². The summed E-state index contributed by atoms with van der Waals surface area (Å²) < 4.78 is 20.0. The highest BCUT2D eigenvalue weighted by molar-refractivity contribution is 9.09. The van der Waals surface area contributed by atoms with Gasteiger partial charge in [-0.25, -0.2) is 9.05 Å². The molecule has 0 aliphatic rings. The maximum atomic E-state index is 10.8. The summed E-state index contributed by atoms with van der Waals surface area (Å²) in [6, 6.07) is 0. The summed E-state index contributed by atoms with van der Waals surface area (Å²) in [5, 5.41) is 1.32. The molecule has 12 heavy (non-hydrogen) atoms. The van der Waals surface area contributed by atoms with Crippen LogP contribution >= 0.6 is 40.1 Å². The second kappa shape index (κ2) is 9.23. The fourth-order valence-corrected chi connectivity index (χ4v) is 1.01. The molecule has 0 aliphatic carbocycles. The number of allylic oxidation sites excluding steroid dienone is 2. The Morgan fingerprint density at radius 3 is 1.83 bits per heavy atom. The van der Waals surface area contributed by atoms with Crippen LogP contribution in [-0.2, 0) is 13.6 Å². The van der Waals surface area contributed by atoms with E-state index in [1.165, 1.54) is 12.5 Å². The van der Waals surface area contributed by atoms with Gasteiger partial charge in [0.15, 0.2) is 12.5 Å². The third kappa shape index (κ3) is 8.24. The van der Waals surface area contributed by atoms with E-state index in [1.54, 1.807) is 12.2 Å². The topological polar surface area (TPSA) is 35.5 Å². The number of alkyl halides is 2. The van der Waals surface area contributed by atoms with Gasteiger partial charge in [0.2, 0.25) is 0 Å². The van der Waals surface area contributed by atoms with Crippen molar-refractivity contribution in [2.45, 2.75) is 0 Å². The summed E-state index contributed by atoms with van der Waals surface area (Å²) in [5.41, 5.74) is 0. The summed E-state index contributed by atoms with van der Waals surface area (Å²) in [6.45, 7) is 0. The van der Waals surface area contributed by atoms with E-state index in [-0.39, 0.29) is 0 Å². The lowest BCUT2D eigenvalue weighted by Gasteiger charge is -1.79. The van der Waals surface area contributed by atoms with Crippen molar-refractivity contribution < 1.29 is 13.6 Å². The van der Waals surface area contributed by atoms with Gasteiger partial charge in [0.1, 0.15) is 0 Å². The number of halogens is 2. The maximum absolute atomic E-state index is 10.8. The molecule has 68 valence electrons. The van der Waals surface area contributed by atoms with Crippen molar-refractivity contribution in [3.8, 4) is 0 Å². The van der Waals surface area contributed by atoms with Gasteiger partial charge in [-0.3, -0.25) is 0 Å². The molecule has 0 N–H and O–H groups in total. The first-order valence-electron chi connectivity index (χ1n) is 3.04. The molecule has 0 atom stereocenters. The number of hydrogen-bond donors (Lipinski definition) is 0. The Morgan fingerprint density at radius 1 is 1.08 bits per heavy atom. The molecule has 0 unspecified atom stereocenters. The molecule has 0 amide bonds. The highest BCUT2D eigenvalue weighted by Gasteiger charge is 2.16. The second-order valence-corrected chi connectivity index (χ2v) is 3.65. The van der Waals surface area contributed by atoms with Crippen molar-refractivity contribution in [1.29, 1.82) is 0 Å². The van der Waals surface area contributed by atoms with E-state index < -0.39 is 8.25 Å². The first-order chi connectivity index (χ1) is 5.81. The smallest absolute Gasteiger partial charge is 0.231 e. The van der Waals surface area contributed by atoms with E-state index in [1.807, 2.05) is 0 Å². The summed E-state index contributed by atoms with van der Waals surface area (Å²) >= 11 is 6.28. The molecule has 0 rings (SSSR count). The van der Waals surface area contributed by atoms with Crippen LogP contribution in [0.4, 0.5) is 0 Å². The monoisotopic (exact) mass is 317 g/mol. The lowest BCUT2D eigenvalue weighted by molar-refractivity contribution is 0.355. The standard InChI is InChI=1S/C6H8Br2O3P/c7-3-1-5-10-12(9)11-6-2-4-8/h1-2,5-6H,3-4H2/q+1. The molecule has 6 heteroatoms. The van der Waals surface area contributed by atoms with Crippen LogP contribution in [-0.4, -0.2) is 10.7 Å². The van der Waals surface area contributed by atoms with Crippen LogP contribution in [0.5, 0.6) is 0 Å². The van der Waals surface area contributed by atoms with E-state index in [0.29, 0.717) is 10.7 Å². The molecule has 3 nitrogen and oxygen atoms in total. The molecule has 0 aromatic rings. The molecular formula is C6H8Br2O3P+. The quantitative estimate of drug-likeness (QED) is 0.427. The van der Waals surface area contributed by atoms with E-state index in [2.05, 4.69) is 40.9 Å². The zero-order valence-corrected chi connectivity index (χ0v) is 10.2. The van der Waals surface area contributed by atoms with Crippen molar-refractivity contribution in [3.05, 3.63) is 24.7 Å². The molecule has 0 fully saturated rings. The van der Waals surface area contributed by atoms with E-state index in [9.17, 15) is 4.57 Å². The fourth-order valence-electron chi connectivity index (χ4n) is 0.283. The van der Waals surface area contributed by atoms with Crippen molar-refractivity contribution >= 4 is 40.1 Å². The fraction of sp³-hybridized carbons (Fsp3) is 0.333. The van der Waals surface area contributed by atoms with Gasteiger partial charge >= 0.3 is 8.25 Å². The first kappa shape index (κ1) is 12.1. The average molecular weight is 319 g/mol. The van der Waals surface area contributed by atoms with Gasteiger partial charge < -0.3 is 0 Å². The largest absolute Gasteiger partial charge is 0.804 e. The van der Waals surface area contributed by atoms with Crippen LogP contribution < -0.4 is 0 Å². The van der Waals surface area contributed by atoms with Crippen molar-refractivity contribution in [2.75, 3.05) is 10.7 Å². The molecule has 0 spiro atoms. The normalized spacial score (nSPS) is 12.3. The Morgan fingerprint density at radius 2 is 1.50 bits per heavy atom. The van der Waals surface area contributed by atoms with Gasteiger partial charge in [0, 0.05) is 15.2 Å². The SMILES string of the molecule is O=[P+](OC=CCBr)OC=CCBr. The van der Waals surface area contributed by atoms with Gasteiger partial charge in [0.05, 0.1) is 0 Å². The minimum Gasteiger partial charge on any atom is -0.231 e. The van der Waals surface area contributed by atoms with E-state index in [4.69, 9.17) is 0 Å². The third-order valence-electron chi connectivity index (χ3n) is 0.664. The molecular weight excluding hydrogens is 311 g/mol. The van der Waals surface area contributed by atoms with Crippen LogP contribution in [0.25, 0.3) is 0 Å². The molecule has 0 bridgehead atoms. The lowest BCUT2D eigenvalue weighted by atomic mass is 10.7. The zero-order chi connectivity index (χ0) is 9.23. The second-order valence-electron chi connectivity index (χ2n) is 1.49. The summed E-state index contributed by atoms with van der Waals surface area (Å²) in [4.78, 5) is 0. The molecule has 0 saturated carbocycles. The zero-order valence-electron chi connectivity index (χ0n) is 6.15. The number of hydrogen-bond acceptors (Lipinski definition) is 3. The minimum absolute atomic E-state index is 0.660. The van der Waals surface area contributed by atoms with Gasteiger partial charge in [-0.1, -0.05) is 31.9 Å². The average Bonchev–Trinajstić information content (AvgIpc) is 2.06. The molecule has 0 radical (unpaired) electrons. The van der Waals surface area contributed by atoms with E-state index >= 15 is 0 Å². The predicted molar refractivity (Wildman–Crippen MR) is 55.6 cm³/mol. The van der Waals surface area contributed by atoms with Crippen LogP contribution in [0, 0.1) is 0 Å². The minimum atomic E-state index is -2.07.